The molecule has 0 unspecified atom stereocenters. The second-order valence-electron chi connectivity index (χ2n) is 9.26. The number of hydrogen-bond acceptors (Lipinski definition) is 7. The lowest BCUT2D eigenvalue weighted by Gasteiger charge is -2.23. The first kappa shape index (κ1) is 25.7. The molecule has 192 valence electrons. The number of hydrogen-bond donors (Lipinski definition) is 4. The third-order valence-corrected chi connectivity index (χ3v) is 6.84. The first-order chi connectivity index (χ1) is 18.3. The Balaban J connectivity index is 1.61. The Morgan fingerprint density at radius 1 is 1.05 bits per heavy atom. The van der Waals surface area contributed by atoms with Gasteiger partial charge in [0.05, 0.1) is 33.5 Å². The molecule has 0 radical (unpaired) electrons. The van der Waals surface area contributed by atoms with Crippen molar-refractivity contribution in [3.63, 3.8) is 0 Å². The van der Waals surface area contributed by atoms with Gasteiger partial charge in [-0.3, -0.25) is 15.0 Å². The average molecular weight is 544 g/mol. The summed E-state index contributed by atoms with van der Waals surface area (Å²) in [5, 5.41) is 11.0. The predicted octanol–water partition coefficient (Wildman–Crippen LogP) is 6.70. The molecule has 1 aliphatic heterocycles. The summed E-state index contributed by atoms with van der Waals surface area (Å²) in [5.74, 6) is 2.73. The van der Waals surface area contributed by atoms with Gasteiger partial charge < -0.3 is 16.1 Å². The van der Waals surface area contributed by atoms with Crippen LogP contribution >= 0.6 is 23.2 Å². The molecule has 4 N–H and O–H groups in total. The van der Waals surface area contributed by atoms with Crippen LogP contribution in [-0.2, 0) is 0 Å². The topological polar surface area (TPSA) is 77.1 Å². The van der Waals surface area contributed by atoms with Crippen molar-refractivity contribution >= 4 is 51.2 Å². The number of rotatable bonds is 7. The molecule has 0 aliphatic carbocycles. The molecule has 0 bridgehead atoms. The average Bonchev–Trinajstić information content (AvgIpc) is 3.39. The Hall–Kier alpha value is -3.96. The minimum absolute atomic E-state index is 0.235. The quantitative estimate of drug-likeness (QED) is 0.193. The zero-order valence-electron chi connectivity index (χ0n) is 21.2. The van der Waals surface area contributed by atoms with Crippen molar-refractivity contribution in [2.45, 2.75) is 32.9 Å². The molecule has 0 saturated heterocycles. The van der Waals surface area contributed by atoms with E-state index >= 15 is 0 Å². The molecule has 0 spiro atoms. The summed E-state index contributed by atoms with van der Waals surface area (Å²) in [4.78, 5) is 9.07. The van der Waals surface area contributed by atoms with Gasteiger partial charge in [0.2, 0.25) is 0 Å². The van der Waals surface area contributed by atoms with Crippen LogP contribution in [0.2, 0.25) is 10.0 Å². The van der Waals surface area contributed by atoms with Crippen molar-refractivity contribution in [2.75, 3.05) is 10.6 Å². The minimum Gasteiger partial charge on any atom is -0.373 e. The number of aromatic nitrogens is 2. The second kappa shape index (κ2) is 10.8. The minimum atomic E-state index is -0.235. The fourth-order valence-electron chi connectivity index (χ4n) is 4.36. The van der Waals surface area contributed by atoms with E-state index in [1.165, 1.54) is 0 Å². The highest BCUT2D eigenvalue weighted by Gasteiger charge is 2.25. The first-order valence-electron chi connectivity index (χ1n) is 12.1. The van der Waals surface area contributed by atoms with Gasteiger partial charge in [0, 0.05) is 57.7 Å². The summed E-state index contributed by atoms with van der Waals surface area (Å²) < 4.78 is 0. The van der Waals surface area contributed by atoms with Gasteiger partial charge in [-0.25, -0.2) is 0 Å². The maximum Gasteiger partial charge on any atom is 0.0961 e. The lowest BCUT2D eigenvalue weighted by Crippen LogP contribution is -2.41. The van der Waals surface area contributed by atoms with Gasteiger partial charge in [0.15, 0.2) is 0 Å². The SMILES string of the molecule is C#Cc1cnc2c(Cl)cc(N[C@H](C3=CN(C(C)C)NN3)c3cccnc3C)cc2c1Nc1cccc(Cl)c1. The molecule has 38 heavy (non-hydrogen) atoms. The zero-order chi connectivity index (χ0) is 26.8. The van der Waals surface area contributed by atoms with Crippen molar-refractivity contribution in [1.29, 1.82) is 0 Å². The molecule has 2 aromatic carbocycles. The summed E-state index contributed by atoms with van der Waals surface area (Å²) in [7, 11) is 0. The van der Waals surface area contributed by atoms with Crippen LogP contribution in [0.15, 0.2) is 72.8 Å². The lowest BCUT2D eigenvalue weighted by atomic mass is 10.0. The Morgan fingerprint density at radius 2 is 1.89 bits per heavy atom. The van der Waals surface area contributed by atoms with Crippen LogP contribution < -0.4 is 21.6 Å². The van der Waals surface area contributed by atoms with Crippen molar-refractivity contribution in [1.82, 2.24) is 25.9 Å². The Bertz CT molecular complexity index is 1580. The van der Waals surface area contributed by atoms with Gasteiger partial charge in [-0.05, 0) is 57.2 Å². The first-order valence-corrected chi connectivity index (χ1v) is 12.9. The fraction of sp³-hybridized carbons (Fsp3) is 0.172. The normalized spacial score (nSPS) is 13.7. The number of aryl methyl sites for hydroxylation is 1. The number of nitrogens with one attached hydrogen (secondary N) is 4. The van der Waals surface area contributed by atoms with Crippen LogP contribution in [0.1, 0.15) is 36.7 Å². The predicted molar refractivity (Wildman–Crippen MR) is 156 cm³/mol. The van der Waals surface area contributed by atoms with E-state index in [4.69, 9.17) is 29.6 Å². The fourth-order valence-corrected chi connectivity index (χ4v) is 4.82. The summed E-state index contributed by atoms with van der Waals surface area (Å²) >= 11 is 13.0. The molecular formula is C29H27Cl2N7. The Labute approximate surface area is 232 Å². The van der Waals surface area contributed by atoms with Gasteiger partial charge in [0.25, 0.3) is 0 Å². The van der Waals surface area contributed by atoms with Crippen LogP contribution in [0.4, 0.5) is 17.1 Å². The van der Waals surface area contributed by atoms with Gasteiger partial charge >= 0.3 is 0 Å². The molecule has 0 saturated carbocycles. The van der Waals surface area contributed by atoms with Crippen LogP contribution in [0, 0.1) is 19.3 Å². The number of pyridine rings is 2. The highest BCUT2D eigenvalue weighted by atomic mass is 35.5. The highest BCUT2D eigenvalue weighted by molar-refractivity contribution is 6.36. The molecule has 7 nitrogen and oxygen atoms in total. The molecular weight excluding hydrogens is 517 g/mol. The van der Waals surface area contributed by atoms with E-state index in [1.54, 1.807) is 12.4 Å². The number of halogens is 2. The van der Waals surface area contributed by atoms with Crippen molar-refractivity contribution < 1.29 is 0 Å². The molecule has 3 heterocycles. The van der Waals surface area contributed by atoms with E-state index in [9.17, 15) is 0 Å². The molecule has 1 atom stereocenters. The monoisotopic (exact) mass is 543 g/mol. The Morgan fingerprint density at radius 3 is 2.61 bits per heavy atom. The van der Waals surface area contributed by atoms with Crippen molar-refractivity contribution in [3.8, 4) is 12.3 Å². The van der Waals surface area contributed by atoms with E-state index in [2.05, 4.69) is 63.6 Å². The highest BCUT2D eigenvalue weighted by Crippen LogP contribution is 2.37. The number of terminal acetylenes is 1. The summed E-state index contributed by atoms with van der Waals surface area (Å²) in [5.41, 5.74) is 13.0. The zero-order valence-corrected chi connectivity index (χ0v) is 22.7. The summed E-state index contributed by atoms with van der Waals surface area (Å²) in [6.45, 7) is 6.22. The van der Waals surface area contributed by atoms with Gasteiger partial charge in [-0.2, -0.15) is 0 Å². The third-order valence-electron chi connectivity index (χ3n) is 6.32. The van der Waals surface area contributed by atoms with E-state index in [0.29, 0.717) is 21.1 Å². The van der Waals surface area contributed by atoms with Crippen molar-refractivity contribution in [3.05, 3.63) is 99.7 Å². The lowest BCUT2D eigenvalue weighted by molar-refractivity contribution is 0.221. The molecule has 5 rings (SSSR count). The van der Waals surface area contributed by atoms with E-state index in [0.717, 1.165) is 39.4 Å². The summed E-state index contributed by atoms with van der Waals surface area (Å²) in [6.07, 6.45) is 11.4. The smallest absolute Gasteiger partial charge is 0.0961 e. The largest absolute Gasteiger partial charge is 0.373 e. The number of hydrazine groups is 2. The molecule has 2 aromatic heterocycles. The maximum absolute atomic E-state index is 6.78. The van der Waals surface area contributed by atoms with Gasteiger partial charge in [-0.1, -0.05) is 41.3 Å². The van der Waals surface area contributed by atoms with Gasteiger partial charge in [-0.15, -0.1) is 12.0 Å². The number of fused-ring (bicyclic) bond motifs is 1. The number of benzene rings is 2. The molecule has 1 aliphatic rings. The van der Waals surface area contributed by atoms with Crippen LogP contribution in [-0.4, -0.2) is 21.0 Å². The number of anilines is 3. The van der Waals surface area contributed by atoms with Crippen molar-refractivity contribution in [2.24, 2.45) is 0 Å². The van der Waals surface area contributed by atoms with E-state index in [-0.39, 0.29) is 12.1 Å². The van der Waals surface area contributed by atoms with Crippen LogP contribution in [0.5, 0.6) is 0 Å². The molecule has 0 fully saturated rings. The number of nitrogens with zero attached hydrogens (tertiary/aromatic N) is 3. The van der Waals surface area contributed by atoms with E-state index in [1.807, 2.05) is 54.4 Å². The summed E-state index contributed by atoms with van der Waals surface area (Å²) in [6, 6.07) is 15.4. The van der Waals surface area contributed by atoms with Crippen LogP contribution in [0.25, 0.3) is 10.9 Å². The second-order valence-corrected chi connectivity index (χ2v) is 10.1. The van der Waals surface area contributed by atoms with E-state index < -0.39 is 0 Å². The molecule has 9 heteroatoms. The van der Waals surface area contributed by atoms with Gasteiger partial charge in [0.1, 0.15) is 0 Å². The molecule has 4 aromatic rings. The maximum atomic E-state index is 6.78. The molecule has 0 amide bonds. The standard InChI is InChI=1S/C29H27Cl2N7/c1-5-19-15-33-28-24(27(19)34-21-9-6-8-20(30)12-21)13-22(14-25(28)31)35-29(23-10-7-11-32-18(23)4)26-16-38(17(2)3)37-36-26/h1,6-17,29,35-37H,2-4H3,(H,33,34)/t29-/m0/s1. The Kier molecular flexibility index (Phi) is 7.30. The third kappa shape index (κ3) is 5.20. The van der Waals surface area contributed by atoms with Crippen LogP contribution in [0.3, 0.4) is 0 Å².